The fraction of sp³-hybridized carbons (Fsp3) is 0.857. The Morgan fingerprint density at radius 3 is 2.43 bits per heavy atom. The summed E-state index contributed by atoms with van der Waals surface area (Å²) in [5.74, 6) is -0.216. The summed E-state index contributed by atoms with van der Waals surface area (Å²) in [6.45, 7) is 3.35. The van der Waals surface area contributed by atoms with Crippen molar-refractivity contribution in [2.75, 3.05) is 13.2 Å². The van der Waals surface area contributed by atoms with Crippen LogP contribution in [0.4, 0.5) is 0 Å². The fourth-order valence-corrected chi connectivity index (χ4v) is 3.14. The molecular weight excluding hydrogens is 394 g/mol. The molecule has 6 N–H and O–H groups in total. The first-order valence-corrected chi connectivity index (χ1v) is 10.9. The van der Waals surface area contributed by atoms with Gasteiger partial charge in [-0.15, -0.1) is 0 Å². The molecule has 0 aliphatic carbocycles. The van der Waals surface area contributed by atoms with Crippen LogP contribution in [0.2, 0.25) is 0 Å². The van der Waals surface area contributed by atoms with Crippen LogP contribution in [0.1, 0.15) is 58.8 Å². The number of amides is 1. The maximum absolute atomic E-state index is 12.2. The molecule has 1 fully saturated rings. The highest BCUT2D eigenvalue weighted by atomic mass is 16.7. The maximum Gasteiger partial charge on any atom is 0.220 e. The minimum atomic E-state index is -1.55. The Labute approximate surface area is 178 Å². The molecular formula is C21H39NO8. The van der Waals surface area contributed by atoms with E-state index in [-0.39, 0.29) is 12.5 Å². The smallest absolute Gasteiger partial charge is 0.220 e. The second-order valence-corrected chi connectivity index (χ2v) is 7.72. The van der Waals surface area contributed by atoms with Gasteiger partial charge >= 0.3 is 0 Å². The van der Waals surface area contributed by atoms with Crippen LogP contribution >= 0.6 is 0 Å². The van der Waals surface area contributed by atoms with Crippen molar-refractivity contribution < 1.29 is 39.8 Å². The zero-order valence-corrected chi connectivity index (χ0v) is 18.0. The van der Waals surface area contributed by atoms with Crippen LogP contribution in [-0.4, -0.2) is 87.5 Å². The number of hydrogen-bond acceptors (Lipinski definition) is 8. The van der Waals surface area contributed by atoms with Gasteiger partial charge in [0.05, 0.1) is 25.4 Å². The Balaban J connectivity index is 2.73. The summed E-state index contributed by atoms with van der Waals surface area (Å²) < 4.78 is 10.8. The highest BCUT2D eigenvalue weighted by Gasteiger charge is 2.44. The topological polar surface area (TPSA) is 149 Å². The van der Waals surface area contributed by atoms with Gasteiger partial charge in [-0.3, -0.25) is 4.79 Å². The zero-order valence-electron chi connectivity index (χ0n) is 18.0. The van der Waals surface area contributed by atoms with Crippen molar-refractivity contribution in [3.8, 4) is 0 Å². The monoisotopic (exact) mass is 433 g/mol. The summed E-state index contributed by atoms with van der Waals surface area (Å²) in [7, 11) is 0. The first-order valence-electron chi connectivity index (χ1n) is 10.9. The van der Waals surface area contributed by atoms with Gasteiger partial charge in [0.25, 0.3) is 0 Å². The molecule has 0 radical (unpaired) electrons. The van der Waals surface area contributed by atoms with Crippen LogP contribution in [-0.2, 0) is 14.3 Å². The number of rotatable bonds is 14. The third kappa shape index (κ3) is 8.97. The molecule has 30 heavy (non-hydrogen) atoms. The highest BCUT2D eigenvalue weighted by Crippen LogP contribution is 2.22. The lowest BCUT2D eigenvalue weighted by Crippen LogP contribution is -2.60. The van der Waals surface area contributed by atoms with Gasteiger partial charge in [0.2, 0.25) is 5.91 Å². The number of ether oxygens (including phenoxy) is 2. The van der Waals surface area contributed by atoms with Crippen LogP contribution in [0, 0.1) is 0 Å². The molecule has 7 atom stereocenters. The van der Waals surface area contributed by atoms with Crippen molar-refractivity contribution >= 4 is 5.91 Å². The molecule has 1 amide bonds. The standard InChI is InChI=1S/C21H39NO8/c1-3-5-7-9-10-15(24)14(22-17(25)11-8-6-4-2)13-29-21-20(28)19(27)18(26)16(12-23)30-21/h9-10,14-16,18-21,23-24,26-28H,3-8,11-13H2,1-2H3,(H,22,25)/b10-9+. The lowest BCUT2D eigenvalue weighted by molar-refractivity contribution is -0.302. The van der Waals surface area contributed by atoms with E-state index in [2.05, 4.69) is 12.2 Å². The SMILES string of the molecule is CCCC/C=C/C(O)C(COC1OC(CO)C(O)C(O)C1O)NC(=O)CCCCC. The van der Waals surface area contributed by atoms with E-state index in [1.54, 1.807) is 6.08 Å². The largest absolute Gasteiger partial charge is 0.394 e. The van der Waals surface area contributed by atoms with Crippen LogP contribution in [0.3, 0.4) is 0 Å². The predicted molar refractivity (Wildman–Crippen MR) is 110 cm³/mol. The van der Waals surface area contributed by atoms with Gasteiger partial charge in [0, 0.05) is 6.42 Å². The van der Waals surface area contributed by atoms with Crippen molar-refractivity contribution in [2.24, 2.45) is 0 Å². The molecule has 7 unspecified atom stereocenters. The zero-order chi connectivity index (χ0) is 22.5. The van der Waals surface area contributed by atoms with Gasteiger partial charge in [0.15, 0.2) is 6.29 Å². The molecule has 0 aromatic carbocycles. The molecule has 1 aliphatic heterocycles. The summed E-state index contributed by atoms with van der Waals surface area (Å²) in [6.07, 6.45) is 1.25. The molecule has 1 heterocycles. The van der Waals surface area contributed by atoms with Crippen LogP contribution in [0.25, 0.3) is 0 Å². The average molecular weight is 434 g/mol. The summed E-state index contributed by atoms with van der Waals surface area (Å²) in [5, 5.41) is 52.3. The summed E-state index contributed by atoms with van der Waals surface area (Å²) >= 11 is 0. The van der Waals surface area contributed by atoms with E-state index < -0.39 is 49.5 Å². The summed E-state index contributed by atoms with van der Waals surface area (Å²) in [6, 6.07) is -0.788. The van der Waals surface area contributed by atoms with Gasteiger partial charge in [0.1, 0.15) is 24.4 Å². The minimum Gasteiger partial charge on any atom is -0.394 e. The maximum atomic E-state index is 12.2. The molecule has 9 nitrogen and oxygen atoms in total. The van der Waals surface area contributed by atoms with Crippen LogP contribution < -0.4 is 5.32 Å². The van der Waals surface area contributed by atoms with Crippen LogP contribution in [0.5, 0.6) is 0 Å². The van der Waals surface area contributed by atoms with Crippen molar-refractivity contribution in [1.82, 2.24) is 5.32 Å². The number of hydrogen-bond donors (Lipinski definition) is 6. The number of carbonyl (C=O) groups is 1. The Morgan fingerprint density at radius 2 is 1.80 bits per heavy atom. The third-order valence-electron chi connectivity index (χ3n) is 5.11. The van der Waals surface area contributed by atoms with Gasteiger partial charge in [-0.1, -0.05) is 51.7 Å². The number of unbranched alkanes of at least 4 members (excludes halogenated alkanes) is 4. The number of aliphatic hydroxyl groups is 5. The average Bonchev–Trinajstić information content (AvgIpc) is 2.73. The van der Waals surface area contributed by atoms with Gasteiger partial charge < -0.3 is 40.3 Å². The van der Waals surface area contributed by atoms with E-state index in [0.717, 1.165) is 38.5 Å². The van der Waals surface area contributed by atoms with Crippen molar-refractivity contribution in [3.63, 3.8) is 0 Å². The quantitative estimate of drug-likeness (QED) is 0.165. The Kier molecular flexibility index (Phi) is 13.3. The Bertz CT molecular complexity index is 501. The summed E-state index contributed by atoms with van der Waals surface area (Å²) in [5.41, 5.74) is 0. The number of aliphatic hydroxyl groups excluding tert-OH is 5. The first-order chi connectivity index (χ1) is 14.3. The van der Waals surface area contributed by atoms with E-state index >= 15 is 0 Å². The van der Waals surface area contributed by atoms with Gasteiger partial charge in [-0.05, 0) is 12.8 Å². The molecule has 0 aromatic rings. The lowest BCUT2D eigenvalue weighted by atomic mass is 9.99. The van der Waals surface area contributed by atoms with E-state index in [4.69, 9.17) is 9.47 Å². The van der Waals surface area contributed by atoms with Crippen LogP contribution in [0.15, 0.2) is 12.2 Å². The van der Waals surface area contributed by atoms with Crippen molar-refractivity contribution in [1.29, 1.82) is 0 Å². The van der Waals surface area contributed by atoms with E-state index in [1.807, 2.05) is 13.0 Å². The van der Waals surface area contributed by atoms with Gasteiger partial charge in [-0.2, -0.15) is 0 Å². The predicted octanol–water partition coefficient (Wildman–Crippen LogP) is -0.0247. The van der Waals surface area contributed by atoms with Gasteiger partial charge in [-0.25, -0.2) is 0 Å². The molecule has 176 valence electrons. The Morgan fingerprint density at radius 1 is 1.10 bits per heavy atom. The molecule has 0 aromatic heterocycles. The molecule has 1 aliphatic rings. The van der Waals surface area contributed by atoms with E-state index in [1.165, 1.54) is 0 Å². The van der Waals surface area contributed by atoms with E-state index in [9.17, 15) is 30.3 Å². The minimum absolute atomic E-state index is 0.193. The van der Waals surface area contributed by atoms with Crippen molar-refractivity contribution in [2.45, 2.75) is 102 Å². The molecule has 0 saturated carbocycles. The second kappa shape index (κ2) is 14.9. The lowest BCUT2D eigenvalue weighted by Gasteiger charge is -2.40. The molecule has 0 spiro atoms. The molecule has 9 heteroatoms. The molecule has 1 rings (SSSR count). The number of nitrogens with one attached hydrogen (secondary N) is 1. The highest BCUT2D eigenvalue weighted by molar-refractivity contribution is 5.76. The normalized spacial score (nSPS) is 29.1. The number of carbonyl (C=O) groups excluding carboxylic acids is 1. The summed E-state index contributed by atoms with van der Waals surface area (Å²) in [4.78, 5) is 12.2. The fourth-order valence-electron chi connectivity index (χ4n) is 3.14. The van der Waals surface area contributed by atoms with Crippen molar-refractivity contribution in [3.05, 3.63) is 12.2 Å². The third-order valence-corrected chi connectivity index (χ3v) is 5.11. The number of allylic oxidation sites excluding steroid dienone is 1. The first kappa shape index (κ1) is 27.0. The second-order valence-electron chi connectivity index (χ2n) is 7.72. The Hall–Kier alpha value is -1.07. The van der Waals surface area contributed by atoms with E-state index in [0.29, 0.717) is 6.42 Å². The molecule has 1 saturated heterocycles. The molecule has 0 bridgehead atoms.